The van der Waals surface area contributed by atoms with Gasteiger partial charge in [0.25, 0.3) is 5.91 Å². The van der Waals surface area contributed by atoms with Crippen molar-refractivity contribution < 1.29 is 14.0 Å². The molecule has 7 heteroatoms. The quantitative estimate of drug-likeness (QED) is 0.926. The molecule has 0 radical (unpaired) electrons. The number of likely N-dealkylation sites (tertiary alicyclic amines) is 1. The summed E-state index contributed by atoms with van der Waals surface area (Å²) in [6.07, 6.45) is 1.79. The Bertz CT molecular complexity index is 765. The van der Waals surface area contributed by atoms with E-state index in [0.29, 0.717) is 23.7 Å². The molecular formula is C17H21N3O3S. The topological polar surface area (TPSA) is 75.4 Å². The third-order valence-electron chi connectivity index (χ3n) is 4.06. The van der Waals surface area contributed by atoms with Gasteiger partial charge < -0.3 is 14.6 Å². The number of amides is 2. The largest absolute Gasteiger partial charge is 0.459 e. The SMILES string of the molecule is CC(=O)NC1CCCN(C(=O)c2sc(-c3ccc(C)o3)nc2C)C1. The van der Waals surface area contributed by atoms with Crippen molar-refractivity contribution in [1.29, 1.82) is 0 Å². The first kappa shape index (κ1) is 16.7. The Balaban J connectivity index is 1.77. The van der Waals surface area contributed by atoms with Crippen molar-refractivity contribution in [2.24, 2.45) is 0 Å². The van der Waals surface area contributed by atoms with Crippen LogP contribution in [0.25, 0.3) is 10.8 Å². The minimum absolute atomic E-state index is 0.0189. The van der Waals surface area contributed by atoms with Gasteiger partial charge in [0, 0.05) is 26.1 Å². The summed E-state index contributed by atoms with van der Waals surface area (Å²) in [5.41, 5.74) is 0.718. The van der Waals surface area contributed by atoms with Crippen LogP contribution in [0.3, 0.4) is 0 Å². The van der Waals surface area contributed by atoms with Gasteiger partial charge in [0.05, 0.1) is 5.69 Å². The molecule has 2 aromatic rings. The average Bonchev–Trinajstić information content (AvgIpc) is 3.12. The van der Waals surface area contributed by atoms with Crippen LogP contribution in [-0.2, 0) is 4.79 Å². The fraction of sp³-hybridized carbons (Fsp3) is 0.471. The first-order valence-electron chi connectivity index (χ1n) is 8.04. The number of piperidine rings is 1. The summed E-state index contributed by atoms with van der Waals surface area (Å²) in [7, 11) is 0. The fourth-order valence-corrected chi connectivity index (χ4v) is 3.96. The summed E-state index contributed by atoms with van der Waals surface area (Å²) in [5, 5.41) is 3.63. The number of aromatic nitrogens is 1. The molecule has 24 heavy (non-hydrogen) atoms. The Kier molecular flexibility index (Phi) is 4.71. The lowest BCUT2D eigenvalue weighted by atomic mass is 10.1. The highest BCUT2D eigenvalue weighted by Gasteiger charge is 2.28. The Morgan fingerprint density at radius 3 is 2.83 bits per heavy atom. The smallest absolute Gasteiger partial charge is 0.265 e. The van der Waals surface area contributed by atoms with Crippen LogP contribution in [0, 0.1) is 13.8 Å². The first-order chi connectivity index (χ1) is 11.4. The molecule has 3 rings (SSSR count). The maximum atomic E-state index is 12.9. The van der Waals surface area contributed by atoms with Crippen LogP contribution in [0.1, 0.15) is 40.9 Å². The number of hydrogen-bond donors (Lipinski definition) is 1. The van der Waals surface area contributed by atoms with Crippen LogP contribution >= 0.6 is 11.3 Å². The molecule has 1 saturated heterocycles. The second kappa shape index (κ2) is 6.76. The maximum absolute atomic E-state index is 12.9. The van der Waals surface area contributed by atoms with Crippen LogP contribution in [-0.4, -0.2) is 40.8 Å². The van der Waals surface area contributed by atoms with Crippen LogP contribution in [0.2, 0.25) is 0 Å². The molecule has 1 unspecified atom stereocenters. The molecule has 3 heterocycles. The van der Waals surface area contributed by atoms with Gasteiger partial charge in [-0.3, -0.25) is 9.59 Å². The van der Waals surface area contributed by atoms with Gasteiger partial charge in [-0.2, -0.15) is 0 Å². The number of hydrogen-bond acceptors (Lipinski definition) is 5. The minimum Gasteiger partial charge on any atom is -0.459 e. The molecule has 0 spiro atoms. The molecule has 6 nitrogen and oxygen atoms in total. The van der Waals surface area contributed by atoms with E-state index in [1.807, 2.05) is 30.9 Å². The van der Waals surface area contributed by atoms with Crippen LogP contribution < -0.4 is 5.32 Å². The van der Waals surface area contributed by atoms with E-state index in [-0.39, 0.29) is 17.9 Å². The van der Waals surface area contributed by atoms with Gasteiger partial charge in [-0.25, -0.2) is 4.98 Å². The number of carbonyl (C=O) groups excluding carboxylic acids is 2. The summed E-state index contributed by atoms with van der Waals surface area (Å²) in [5.74, 6) is 1.43. The number of carbonyl (C=O) groups is 2. The standard InChI is InChI=1S/C17H21N3O3S/c1-10-6-7-14(23-10)16-18-11(2)15(24-16)17(22)20-8-4-5-13(9-20)19-12(3)21/h6-7,13H,4-5,8-9H2,1-3H3,(H,19,21). The van der Waals surface area contributed by atoms with E-state index in [1.54, 1.807) is 0 Å². The zero-order chi connectivity index (χ0) is 17.3. The molecule has 0 aliphatic carbocycles. The van der Waals surface area contributed by atoms with Crippen molar-refractivity contribution >= 4 is 23.2 Å². The highest BCUT2D eigenvalue weighted by atomic mass is 32.1. The van der Waals surface area contributed by atoms with E-state index in [2.05, 4.69) is 10.3 Å². The van der Waals surface area contributed by atoms with Gasteiger partial charge >= 0.3 is 0 Å². The Morgan fingerprint density at radius 2 is 2.17 bits per heavy atom. The number of aryl methyl sites for hydroxylation is 2. The number of nitrogens with zero attached hydrogens (tertiary/aromatic N) is 2. The monoisotopic (exact) mass is 347 g/mol. The molecular weight excluding hydrogens is 326 g/mol. The van der Waals surface area contributed by atoms with Crippen molar-refractivity contribution in [3.05, 3.63) is 28.5 Å². The molecule has 2 aromatic heterocycles. The van der Waals surface area contributed by atoms with E-state index in [9.17, 15) is 9.59 Å². The predicted molar refractivity (Wildman–Crippen MR) is 92.0 cm³/mol. The number of furan rings is 1. The van der Waals surface area contributed by atoms with Crippen molar-refractivity contribution in [3.8, 4) is 10.8 Å². The van der Waals surface area contributed by atoms with Crippen molar-refractivity contribution in [2.45, 2.75) is 39.7 Å². The molecule has 0 saturated carbocycles. The van der Waals surface area contributed by atoms with Crippen LogP contribution in [0.5, 0.6) is 0 Å². The number of nitrogens with one attached hydrogen (secondary N) is 1. The number of thiazole rings is 1. The first-order valence-corrected chi connectivity index (χ1v) is 8.86. The lowest BCUT2D eigenvalue weighted by molar-refractivity contribution is -0.120. The summed E-state index contributed by atoms with van der Waals surface area (Å²) >= 11 is 1.36. The van der Waals surface area contributed by atoms with Gasteiger partial charge in [0.1, 0.15) is 10.6 Å². The molecule has 128 valence electrons. The molecule has 2 amide bonds. The summed E-state index contributed by atoms with van der Waals surface area (Å²) < 4.78 is 5.60. The van der Waals surface area contributed by atoms with Crippen LogP contribution in [0.15, 0.2) is 16.5 Å². The molecule has 1 atom stereocenters. The molecule has 0 bridgehead atoms. The normalized spacial score (nSPS) is 17.8. The second-order valence-corrected chi connectivity index (χ2v) is 7.13. The van der Waals surface area contributed by atoms with E-state index in [0.717, 1.165) is 29.3 Å². The molecule has 1 aliphatic heterocycles. The van der Waals surface area contributed by atoms with Gasteiger partial charge in [0.15, 0.2) is 10.8 Å². The summed E-state index contributed by atoms with van der Waals surface area (Å²) in [4.78, 5) is 31.0. The van der Waals surface area contributed by atoms with E-state index < -0.39 is 0 Å². The molecule has 1 aliphatic rings. The summed E-state index contributed by atoms with van der Waals surface area (Å²) in [6, 6.07) is 3.78. The van der Waals surface area contributed by atoms with Gasteiger partial charge in [-0.1, -0.05) is 0 Å². The Hall–Kier alpha value is -2.15. The van der Waals surface area contributed by atoms with Crippen molar-refractivity contribution in [1.82, 2.24) is 15.2 Å². The zero-order valence-corrected chi connectivity index (χ0v) is 14.9. The highest BCUT2D eigenvalue weighted by molar-refractivity contribution is 7.17. The second-order valence-electron chi connectivity index (χ2n) is 6.13. The third kappa shape index (κ3) is 3.51. The third-order valence-corrected chi connectivity index (χ3v) is 5.22. The highest BCUT2D eigenvalue weighted by Crippen LogP contribution is 2.30. The van der Waals surface area contributed by atoms with E-state index in [4.69, 9.17) is 4.42 Å². The molecule has 0 aromatic carbocycles. The molecule has 1 N–H and O–H groups in total. The predicted octanol–water partition coefficient (Wildman–Crippen LogP) is 2.76. The molecule has 1 fully saturated rings. The lowest BCUT2D eigenvalue weighted by Gasteiger charge is -2.32. The van der Waals surface area contributed by atoms with Gasteiger partial charge in [-0.05, 0) is 38.8 Å². The maximum Gasteiger partial charge on any atom is 0.265 e. The van der Waals surface area contributed by atoms with Crippen molar-refractivity contribution in [3.63, 3.8) is 0 Å². The average molecular weight is 347 g/mol. The van der Waals surface area contributed by atoms with E-state index >= 15 is 0 Å². The lowest BCUT2D eigenvalue weighted by Crippen LogP contribution is -2.49. The van der Waals surface area contributed by atoms with E-state index in [1.165, 1.54) is 18.3 Å². The van der Waals surface area contributed by atoms with Crippen molar-refractivity contribution in [2.75, 3.05) is 13.1 Å². The summed E-state index contributed by atoms with van der Waals surface area (Å²) in [6.45, 7) is 6.49. The van der Waals surface area contributed by atoms with Gasteiger partial charge in [0.2, 0.25) is 5.91 Å². The van der Waals surface area contributed by atoms with Gasteiger partial charge in [-0.15, -0.1) is 11.3 Å². The Morgan fingerprint density at radius 1 is 1.38 bits per heavy atom. The number of rotatable bonds is 3. The van der Waals surface area contributed by atoms with Crippen LogP contribution in [0.4, 0.5) is 0 Å². The minimum atomic E-state index is -0.0567. The Labute approximate surface area is 144 Å². The fourth-order valence-electron chi connectivity index (χ4n) is 2.96. The zero-order valence-electron chi connectivity index (χ0n) is 14.1.